The molecule has 2 fully saturated rings. The van der Waals surface area contributed by atoms with Crippen LogP contribution in [0.1, 0.15) is 85.1 Å². The summed E-state index contributed by atoms with van der Waals surface area (Å²) in [5, 5.41) is 8.68. The van der Waals surface area contributed by atoms with E-state index in [0.29, 0.717) is 37.0 Å². The lowest BCUT2D eigenvalue weighted by molar-refractivity contribution is -0.138. The van der Waals surface area contributed by atoms with Crippen molar-refractivity contribution >= 4 is 46.5 Å². The third kappa shape index (κ3) is 6.62. The number of rotatable bonds is 2. The molecule has 2 N–H and O–H groups in total. The Balaban J connectivity index is 0.000000202. The van der Waals surface area contributed by atoms with E-state index < -0.39 is 18.0 Å². The molecule has 3 aromatic rings. The first-order valence-corrected chi connectivity index (χ1v) is 14.6. The normalized spacial score (nSPS) is 19.7. The molecule has 5 amide bonds. The van der Waals surface area contributed by atoms with Crippen molar-refractivity contribution in [2.75, 3.05) is 0 Å². The summed E-state index contributed by atoms with van der Waals surface area (Å²) in [6.07, 6.45) is 2.86. The minimum Gasteiger partial charge on any atom is -0.321 e. The highest BCUT2D eigenvalue weighted by atomic mass is 32.1. The van der Waals surface area contributed by atoms with Gasteiger partial charge in [0.05, 0.1) is 12.1 Å². The number of piperidine rings is 2. The van der Waals surface area contributed by atoms with Gasteiger partial charge in [0.2, 0.25) is 17.7 Å². The van der Waals surface area contributed by atoms with E-state index in [1.807, 2.05) is 47.6 Å². The van der Waals surface area contributed by atoms with Gasteiger partial charge in [-0.15, -0.1) is 16.4 Å². The summed E-state index contributed by atoms with van der Waals surface area (Å²) in [6, 6.07) is 4.21. The molecule has 0 saturated carbocycles. The summed E-state index contributed by atoms with van der Waals surface area (Å²) < 4.78 is 2.53. The molecule has 3 aliphatic rings. The Labute approximate surface area is 241 Å². The Hall–Kier alpha value is -4.13. The number of pyridine rings is 1. The van der Waals surface area contributed by atoms with Crippen LogP contribution in [-0.2, 0) is 25.7 Å². The summed E-state index contributed by atoms with van der Waals surface area (Å²) in [5.41, 5.74) is 1.81. The van der Waals surface area contributed by atoms with Gasteiger partial charge in [0.1, 0.15) is 12.1 Å². The van der Waals surface area contributed by atoms with Crippen LogP contribution in [0.15, 0.2) is 29.2 Å². The Morgan fingerprint density at radius 2 is 1.44 bits per heavy atom. The monoisotopic (exact) mass is 584 g/mol. The minimum absolute atomic E-state index is 0.0937. The Bertz CT molecular complexity index is 1540. The van der Waals surface area contributed by atoms with Crippen LogP contribution in [-0.4, -0.2) is 54.7 Å². The second kappa shape index (κ2) is 13.5. The van der Waals surface area contributed by atoms with Gasteiger partial charge >= 0.3 is 5.69 Å². The van der Waals surface area contributed by atoms with Crippen molar-refractivity contribution in [3.8, 4) is 0 Å². The molecule has 41 heavy (non-hydrogen) atoms. The first kappa shape index (κ1) is 31.4. The number of carbonyl (C=O) groups excluding carboxylic acids is 5. The van der Waals surface area contributed by atoms with E-state index in [1.54, 1.807) is 34.6 Å². The number of amides is 5. The lowest BCUT2D eigenvalue weighted by Gasteiger charge is -2.29. The molecular weight excluding hydrogens is 548 g/mol. The molecule has 0 bridgehead atoms. The fourth-order valence-corrected chi connectivity index (χ4v) is 5.71. The van der Waals surface area contributed by atoms with Crippen LogP contribution in [0.4, 0.5) is 0 Å². The van der Waals surface area contributed by atoms with Crippen molar-refractivity contribution < 1.29 is 24.0 Å². The van der Waals surface area contributed by atoms with Crippen molar-refractivity contribution in [3.63, 3.8) is 0 Å². The number of nitrogens with one attached hydrogen (secondary N) is 2. The molecule has 0 radical (unpaired) electrons. The largest absolute Gasteiger partial charge is 0.351 e. The maximum absolute atomic E-state index is 12.2. The highest BCUT2D eigenvalue weighted by Gasteiger charge is 2.39. The van der Waals surface area contributed by atoms with Gasteiger partial charge in [0.15, 0.2) is 5.65 Å². The van der Waals surface area contributed by atoms with Crippen molar-refractivity contribution in [3.05, 3.63) is 55.8 Å². The summed E-state index contributed by atoms with van der Waals surface area (Å²) in [5.74, 6) is -1.49. The van der Waals surface area contributed by atoms with E-state index in [9.17, 15) is 28.8 Å². The third-order valence-corrected chi connectivity index (χ3v) is 7.57. The van der Waals surface area contributed by atoms with Crippen LogP contribution in [0.25, 0.3) is 5.65 Å². The minimum atomic E-state index is -0.717. The smallest absolute Gasteiger partial charge is 0.321 e. The molecule has 3 aromatic heterocycles. The second-order valence-electron chi connectivity index (χ2n) is 9.22. The molecule has 3 aliphatic heterocycles. The first-order valence-electron chi connectivity index (χ1n) is 13.8. The molecule has 2 saturated heterocycles. The second-order valence-corrected chi connectivity index (χ2v) is 10.6. The van der Waals surface area contributed by atoms with Crippen molar-refractivity contribution in [1.29, 1.82) is 0 Å². The molecule has 2 unspecified atom stereocenters. The van der Waals surface area contributed by atoms with E-state index >= 15 is 0 Å². The lowest BCUT2D eigenvalue weighted by atomic mass is 10.0. The zero-order valence-corrected chi connectivity index (χ0v) is 25.0. The highest BCUT2D eigenvalue weighted by Crippen LogP contribution is 2.33. The van der Waals surface area contributed by atoms with Crippen molar-refractivity contribution in [2.24, 2.45) is 0 Å². The molecule has 220 valence electrons. The Morgan fingerprint density at radius 1 is 0.854 bits per heavy atom. The quantitative estimate of drug-likeness (QED) is 0.439. The van der Waals surface area contributed by atoms with Gasteiger partial charge in [-0.25, -0.2) is 4.79 Å². The van der Waals surface area contributed by atoms with Gasteiger partial charge in [-0.05, 0) is 50.5 Å². The van der Waals surface area contributed by atoms with E-state index in [1.165, 1.54) is 4.40 Å². The van der Waals surface area contributed by atoms with E-state index in [-0.39, 0.29) is 35.7 Å². The maximum Gasteiger partial charge on any atom is 0.351 e. The molecule has 13 heteroatoms. The number of hydrogen-bond donors (Lipinski definition) is 2. The highest BCUT2D eigenvalue weighted by molar-refractivity contribution is 7.12. The van der Waals surface area contributed by atoms with Crippen LogP contribution in [0.3, 0.4) is 0 Å². The van der Waals surface area contributed by atoms with Crippen LogP contribution >= 0.6 is 11.3 Å². The van der Waals surface area contributed by atoms with Crippen molar-refractivity contribution in [1.82, 2.24) is 29.7 Å². The molecule has 12 nitrogen and oxygen atoms in total. The number of hydrogen-bond acceptors (Lipinski definition) is 8. The number of imide groups is 2. The van der Waals surface area contributed by atoms with E-state index in [0.717, 1.165) is 20.0 Å². The fourth-order valence-electron chi connectivity index (χ4n) is 4.68. The van der Waals surface area contributed by atoms with Gasteiger partial charge in [-0.3, -0.25) is 39.0 Å². The SMILES string of the molecule is CC.CC.Cc1cc2c(s1)CN(C1CCC(=O)NC1=O)C2=O.Cc1ccn2c(=O)n(C3CCC(=O)NC3=O)nc2c1. The lowest BCUT2D eigenvalue weighted by Crippen LogP contribution is -2.52. The molecular formula is C28H36N6O6S. The number of aromatic nitrogens is 3. The van der Waals surface area contributed by atoms with Gasteiger partial charge in [-0.1, -0.05) is 27.7 Å². The molecule has 6 rings (SSSR count). The standard InChI is InChI=1S/C12H12N4O3.C12H12N2O3S.2C2H6/c1-7-4-5-15-9(6-7)14-16(12(15)19)8-2-3-10(17)13-11(8)18;1-6-4-7-9(18-6)5-14(12(7)17)8-2-3-10(15)13-11(8)16;2*1-2/h4-6,8H,2-3H2,1H3,(H,13,17,18);4,8H,2-3,5H2,1H3,(H,13,15,16);2*1-2H3. The number of thiophene rings is 1. The summed E-state index contributed by atoms with van der Waals surface area (Å²) in [4.78, 5) is 73.8. The molecule has 0 aromatic carbocycles. The summed E-state index contributed by atoms with van der Waals surface area (Å²) >= 11 is 1.59. The van der Waals surface area contributed by atoms with Crippen LogP contribution < -0.4 is 16.3 Å². The zero-order valence-electron chi connectivity index (χ0n) is 24.1. The van der Waals surface area contributed by atoms with E-state index in [4.69, 9.17) is 0 Å². The average Bonchev–Trinajstić information content (AvgIpc) is 3.57. The third-order valence-electron chi connectivity index (χ3n) is 6.53. The molecule has 0 aliphatic carbocycles. The van der Waals surface area contributed by atoms with Gasteiger partial charge in [-0.2, -0.15) is 4.68 Å². The van der Waals surface area contributed by atoms with Crippen LogP contribution in [0.5, 0.6) is 0 Å². The first-order chi connectivity index (χ1) is 19.6. The van der Waals surface area contributed by atoms with Gasteiger partial charge in [0, 0.05) is 28.8 Å². The van der Waals surface area contributed by atoms with Crippen LogP contribution in [0.2, 0.25) is 0 Å². The Morgan fingerprint density at radius 3 is 2.00 bits per heavy atom. The maximum atomic E-state index is 12.2. The predicted octanol–water partition coefficient (Wildman–Crippen LogP) is 2.65. The van der Waals surface area contributed by atoms with Gasteiger partial charge in [0.25, 0.3) is 11.8 Å². The van der Waals surface area contributed by atoms with E-state index in [2.05, 4.69) is 15.7 Å². The fraction of sp³-hybridized carbons (Fsp3) is 0.464. The summed E-state index contributed by atoms with van der Waals surface area (Å²) in [6.45, 7) is 12.3. The number of nitrogens with zero attached hydrogens (tertiary/aromatic N) is 4. The number of aryl methyl sites for hydroxylation is 2. The van der Waals surface area contributed by atoms with Crippen LogP contribution in [0, 0.1) is 13.8 Å². The molecule has 6 heterocycles. The molecule has 0 spiro atoms. The molecule has 2 atom stereocenters. The topological polar surface area (TPSA) is 152 Å². The van der Waals surface area contributed by atoms with Gasteiger partial charge < -0.3 is 4.90 Å². The average molecular weight is 585 g/mol. The zero-order chi connectivity index (χ0) is 30.4. The number of carbonyl (C=O) groups is 5. The predicted molar refractivity (Wildman–Crippen MR) is 153 cm³/mol. The summed E-state index contributed by atoms with van der Waals surface area (Å²) in [7, 11) is 0. The number of fused-ring (bicyclic) bond motifs is 2. The Kier molecular flexibility index (Phi) is 10.3. The van der Waals surface area contributed by atoms with Crippen molar-refractivity contribution in [2.45, 2.75) is 85.9 Å².